The number of aliphatic imine (C=N–C) groups is 2. The van der Waals surface area contributed by atoms with Gasteiger partial charge in [0.1, 0.15) is 5.84 Å². The molecule has 1 atom stereocenters. The molecule has 1 aliphatic carbocycles. The summed E-state index contributed by atoms with van der Waals surface area (Å²) in [6, 6.07) is 0.557. The lowest BCUT2D eigenvalue weighted by Crippen LogP contribution is -2.49. The zero-order valence-electron chi connectivity index (χ0n) is 20.4. The van der Waals surface area contributed by atoms with Gasteiger partial charge in [0.15, 0.2) is 0 Å². The molecule has 0 aromatic heterocycles. The molecule has 4 aliphatic rings. The van der Waals surface area contributed by atoms with E-state index in [0.29, 0.717) is 6.04 Å². The highest BCUT2D eigenvalue weighted by Crippen LogP contribution is 2.36. The third-order valence-corrected chi connectivity index (χ3v) is 7.16. The largest absolute Gasteiger partial charge is 0.367 e. The number of nitrogens with zero attached hydrogens (tertiary/aromatic N) is 5. The second-order valence-corrected chi connectivity index (χ2v) is 9.27. The topological polar surface area (TPSA) is 34.4 Å². The monoisotopic (exact) mass is 431 g/mol. The van der Waals surface area contributed by atoms with E-state index in [2.05, 4.69) is 84.6 Å². The van der Waals surface area contributed by atoms with E-state index < -0.39 is 0 Å². The molecule has 0 radical (unpaired) electrons. The van der Waals surface area contributed by atoms with Crippen molar-refractivity contribution in [2.45, 2.75) is 52.5 Å². The SMILES string of the molecule is C=C(CC)/C(C)=C/C(=NC)C1=CC(=C2CCC2)N2C=C(N3CCN(C)C(C)C3)C=CC2=N1. The van der Waals surface area contributed by atoms with Crippen LogP contribution in [0.25, 0.3) is 0 Å². The molecule has 32 heavy (non-hydrogen) atoms. The fourth-order valence-electron chi connectivity index (χ4n) is 4.44. The summed E-state index contributed by atoms with van der Waals surface area (Å²) in [7, 11) is 4.06. The Kier molecular flexibility index (Phi) is 6.66. The van der Waals surface area contributed by atoms with Crippen LogP contribution in [0.1, 0.15) is 46.5 Å². The summed E-state index contributed by atoms with van der Waals surface area (Å²) >= 11 is 0. The molecule has 0 aromatic carbocycles. The van der Waals surface area contributed by atoms with Crippen molar-refractivity contribution in [1.82, 2.24) is 14.7 Å². The Hall–Kier alpha value is -2.66. The van der Waals surface area contributed by atoms with Crippen LogP contribution in [0.4, 0.5) is 0 Å². The summed E-state index contributed by atoms with van der Waals surface area (Å²) in [6.45, 7) is 13.9. The van der Waals surface area contributed by atoms with Gasteiger partial charge in [-0.15, -0.1) is 0 Å². The van der Waals surface area contributed by atoms with E-state index in [9.17, 15) is 0 Å². The molecule has 0 N–H and O–H groups in total. The summed E-state index contributed by atoms with van der Waals surface area (Å²) in [5, 5.41) is 0. The standard InChI is InChI=1S/C27H37N5/c1-7-19(2)20(3)15-24(28-5)25-16-26(22-9-8-10-22)32-18-23(11-12-27(32)29-25)31-14-13-30(6)21(4)17-31/h11-12,15-16,18,21H,2,7-10,13-14,17H2,1,3-6H3/b20-15+,28-24?. The van der Waals surface area contributed by atoms with Crippen LogP contribution < -0.4 is 0 Å². The van der Waals surface area contributed by atoms with Crippen LogP contribution in [0.5, 0.6) is 0 Å². The first-order chi connectivity index (χ1) is 15.4. The summed E-state index contributed by atoms with van der Waals surface area (Å²) < 4.78 is 0. The Balaban J connectivity index is 1.66. The van der Waals surface area contributed by atoms with E-state index in [-0.39, 0.29) is 0 Å². The Labute approximate surface area is 193 Å². The van der Waals surface area contributed by atoms with Crippen LogP contribution in [0, 0.1) is 0 Å². The van der Waals surface area contributed by atoms with Crippen molar-refractivity contribution in [3.63, 3.8) is 0 Å². The third-order valence-electron chi connectivity index (χ3n) is 7.16. The number of hydrogen-bond donors (Lipinski definition) is 0. The van der Waals surface area contributed by atoms with Crippen molar-refractivity contribution in [1.29, 1.82) is 0 Å². The highest BCUT2D eigenvalue weighted by atomic mass is 15.3. The number of piperazine rings is 1. The number of fused-ring (bicyclic) bond motifs is 1. The average Bonchev–Trinajstić information content (AvgIpc) is 2.77. The summed E-state index contributed by atoms with van der Waals surface area (Å²) in [6.07, 6.45) is 15.6. The van der Waals surface area contributed by atoms with Crippen LogP contribution in [0.3, 0.4) is 0 Å². The summed E-state index contributed by atoms with van der Waals surface area (Å²) in [4.78, 5) is 16.8. The third kappa shape index (κ3) is 4.44. The lowest BCUT2D eigenvalue weighted by atomic mass is 9.89. The second kappa shape index (κ2) is 9.45. The van der Waals surface area contributed by atoms with Crippen LogP contribution in [-0.4, -0.2) is 66.0 Å². The van der Waals surface area contributed by atoms with Gasteiger partial charge in [-0.1, -0.05) is 19.1 Å². The van der Waals surface area contributed by atoms with Crippen molar-refractivity contribution in [2.24, 2.45) is 9.98 Å². The van der Waals surface area contributed by atoms with Crippen LogP contribution in [-0.2, 0) is 0 Å². The van der Waals surface area contributed by atoms with Crippen molar-refractivity contribution in [3.8, 4) is 0 Å². The van der Waals surface area contributed by atoms with Gasteiger partial charge in [0.25, 0.3) is 0 Å². The molecule has 4 rings (SSSR count). The molecule has 0 spiro atoms. The molecule has 2 fully saturated rings. The van der Waals surface area contributed by atoms with Gasteiger partial charge in [0.05, 0.1) is 17.1 Å². The molecule has 0 aromatic rings. The molecular weight excluding hydrogens is 394 g/mol. The Morgan fingerprint density at radius 2 is 2.06 bits per heavy atom. The molecular formula is C27H37N5. The second-order valence-electron chi connectivity index (χ2n) is 9.27. The molecule has 0 amide bonds. The minimum absolute atomic E-state index is 0.557. The first-order valence-corrected chi connectivity index (χ1v) is 11.9. The lowest BCUT2D eigenvalue weighted by Gasteiger charge is -2.41. The molecule has 3 heterocycles. The maximum Gasteiger partial charge on any atom is 0.137 e. The van der Waals surface area contributed by atoms with E-state index in [1.807, 2.05) is 7.05 Å². The van der Waals surface area contributed by atoms with Gasteiger partial charge in [-0.3, -0.25) is 9.89 Å². The van der Waals surface area contributed by atoms with Crippen LogP contribution >= 0.6 is 0 Å². The van der Waals surface area contributed by atoms with Crippen LogP contribution in [0.15, 0.2) is 80.9 Å². The molecule has 170 valence electrons. The van der Waals surface area contributed by atoms with Gasteiger partial charge in [0.2, 0.25) is 0 Å². The molecule has 5 heteroatoms. The first-order valence-electron chi connectivity index (χ1n) is 11.9. The van der Waals surface area contributed by atoms with E-state index in [4.69, 9.17) is 4.99 Å². The number of rotatable bonds is 5. The molecule has 1 saturated heterocycles. The molecule has 0 bridgehead atoms. The van der Waals surface area contributed by atoms with Gasteiger partial charge in [-0.05, 0) is 82.0 Å². The van der Waals surface area contributed by atoms with Gasteiger partial charge in [-0.25, -0.2) is 4.99 Å². The van der Waals surface area contributed by atoms with E-state index in [1.54, 1.807) is 0 Å². The summed E-state index contributed by atoms with van der Waals surface area (Å²) in [5.74, 6) is 0.976. The Morgan fingerprint density at radius 1 is 1.28 bits per heavy atom. The van der Waals surface area contributed by atoms with Gasteiger partial charge in [-0.2, -0.15) is 0 Å². The lowest BCUT2D eigenvalue weighted by molar-refractivity contribution is 0.132. The highest BCUT2D eigenvalue weighted by Gasteiger charge is 2.29. The number of amidine groups is 1. The van der Waals surface area contributed by atoms with Crippen molar-refractivity contribution in [3.05, 3.63) is 70.9 Å². The Bertz CT molecular complexity index is 995. The van der Waals surface area contributed by atoms with Crippen molar-refractivity contribution < 1.29 is 0 Å². The van der Waals surface area contributed by atoms with Crippen molar-refractivity contribution >= 4 is 11.5 Å². The number of likely N-dealkylation sites (N-methyl/N-ethyl adjacent to an activating group) is 1. The van der Waals surface area contributed by atoms with E-state index in [1.165, 1.54) is 41.8 Å². The highest BCUT2D eigenvalue weighted by molar-refractivity contribution is 6.12. The zero-order valence-corrected chi connectivity index (χ0v) is 20.4. The smallest absolute Gasteiger partial charge is 0.137 e. The predicted molar refractivity (Wildman–Crippen MR) is 136 cm³/mol. The molecule has 3 aliphatic heterocycles. The Morgan fingerprint density at radius 3 is 2.69 bits per heavy atom. The minimum atomic E-state index is 0.557. The molecule has 1 unspecified atom stereocenters. The fraction of sp³-hybridized carbons (Fsp3) is 0.481. The fourth-order valence-corrected chi connectivity index (χ4v) is 4.44. The van der Waals surface area contributed by atoms with Gasteiger partial charge in [0, 0.05) is 44.6 Å². The average molecular weight is 432 g/mol. The molecule has 1 saturated carbocycles. The van der Waals surface area contributed by atoms with Gasteiger partial charge >= 0.3 is 0 Å². The normalized spacial score (nSPS) is 24.7. The quantitative estimate of drug-likeness (QED) is 0.451. The molecule has 5 nitrogen and oxygen atoms in total. The minimum Gasteiger partial charge on any atom is -0.367 e. The maximum atomic E-state index is 5.02. The number of hydrogen-bond acceptors (Lipinski definition) is 5. The number of allylic oxidation sites excluding steroid dienone is 6. The zero-order chi connectivity index (χ0) is 22.8. The van der Waals surface area contributed by atoms with E-state index >= 15 is 0 Å². The first kappa shape index (κ1) is 22.5. The van der Waals surface area contributed by atoms with Gasteiger partial charge < -0.3 is 9.80 Å². The maximum absolute atomic E-state index is 5.02. The van der Waals surface area contributed by atoms with E-state index in [0.717, 1.165) is 48.9 Å². The van der Waals surface area contributed by atoms with Crippen molar-refractivity contribution in [2.75, 3.05) is 33.7 Å². The van der Waals surface area contributed by atoms with Crippen LogP contribution in [0.2, 0.25) is 0 Å². The summed E-state index contributed by atoms with van der Waals surface area (Å²) in [5.41, 5.74) is 8.23. The predicted octanol–water partition coefficient (Wildman–Crippen LogP) is 5.05.